The molecule has 15 heavy (non-hydrogen) atoms. The Hall–Kier alpha value is -1.60. The predicted molar refractivity (Wildman–Crippen MR) is 59.3 cm³/mol. The summed E-state index contributed by atoms with van der Waals surface area (Å²) in [5.74, 6) is -0.564. The van der Waals surface area contributed by atoms with Crippen LogP contribution in [-0.4, -0.2) is 12.6 Å². The Morgan fingerprint density at radius 2 is 2.40 bits per heavy atom. The number of nitriles is 1. The van der Waals surface area contributed by atoms with Crippen molar-refractivity contribution >= 4 is 23.4 Å². The molecule has 0 radical (unpaired) electrons. The fraction of sp³-hybridized carbons (Fsp3) is 0.273. The molecule has 78 valence electrons. The van der Waals surface area contributed by atoms with Crippen molar-refractivity contribution in [3.05, 3.63) is 27.5 Å². The molecule has 0 saturated heterocycles. The monoisotopic (exact) mass is 221 g/mol. The highest BCUT2D eigenvalue weighted by molar-refractivity contribution is 7.12. The number of carbonyl (C=O) groups excluding carboxylic acids is 1. The average molecular weight is 221 g/mol. The third kappa shape index (κ3) is 3.22. The van der Waals surface area contributed by atoms with E-state index in [1.807, 2.05) is 25.1 Å². The van der Waals surface area contributed by atoms with E-state index in [2.05, 4.69) is 0 Å². The molecule has 3 nitrogen and oxygen atoms in total. The molecular weight excluding hydrogens is 210 g/mol. The van der Waals surface area contributed by atoms with E-state index in [4.69, 9.17) is 10.00 Å². The minimum atomic E-state index is -0.564. The smallest absolute Gasteiger partial charge is 0.348 e. The molecule has 0 aromatic carbocycles. The van der Waals surface area contributed by atoms with Gasteiger partial charge in [-0.3, -0.25) is 0 Å². The molecule has 0 saturated carbocycles. The summed E-state index contributed by atoms with van der Waals surface area (Å²) in [5.41, 5.74) is 0.0405. The second-order valence-electron chi connectivity index (χ2n) is 2.84. The van der Waals surface area contributed by atoms with E-state index < -0.39 is 5.97 Å². The van der Waals surface area contributed by atoms with Gasteiger partial charge < -0.3 is 4.74 Å². The molecule has 0 N–H and O–H groups in total. The third-order valence-corrected chi connectivity index (χ3v) is 2.61. The van der Waals surface area contributed by atoms with E-state index in [0.717, 1.165) is 9.75 Å². The Bertz CT molecular complexity index is 426. The Morgan fingerprint density at radius 3 is 2.87 bits per heavy atom. The van der Waals surface area contributed by atoms with Gasteiger partial charge in [0.15, 0.2) is 0 Å². The van der Waals surface area contributed by atoms with Gasteiger partial charge in [0.05, 0.1) is 6.61 Å². The van der Waals surface area contributed by atoms with Crippen molar-refractivity contribution in [3.63, 3.8) is 0 Å². The zero-order chi connectivity index (χ0) is 11.3. The maximum absolute atomic E-state index is 11.3. The van der Waals surface area contributed by atoms with E-state index in [1.54, 1.807) is 13.0 Å². The summed E-state index contributed by atoms with van der Waals surface area (Å²) in [6.45, 7) is 3.96. The van der Waals surface area contributed by atoms with Crippen LogP contribution in [0.2, 0.25) is 0 Å². The topological polar surface area (TPSA) is 50.1 Å². The minimum absolute atomic E-state index is 0.0405. The fourth-order valence-corrected chi connectivity index (χ4v) is 1.84. The van der Waals surface area contributed by atoms with Crippen molar-refractivity contribution < 1.29 is 9.53 Å². The van der Waals surface area contributed by atoms with Crippen LogP contribution in [0.15, 0.2) is 17.7 Å². The van der Waals surface area contributed by atoms with Crippen LogP contribution in [0.4, 0.5) is 0 Å². The average Bonchev–Trinajstić information content (AvgIpc) is 2.61. The first-order chi connectivity index (χ1) is 7.17. The lowest BCUT2D eigenvalue weighted by atomic mass is 10.2. The molecule has 1 aromatic heterocycles. The number of thiophene rings is 1. The molecule has 4 heteroatoms. The Morgan fingerprint density at radius 1 is 1.67 bits per heavy atom. The second-order valence-corrected chi connectivity index (χ2v) is 4.16. The van der Waals surface area contributed by atoms with Gasteiger partial charge in [-0.15, -0.1) is 11.3 Å². The SMILES string of the molecule is CCOC(=O)/C(C#N)=C/c1ccc(C)s1. The van der Waals surface area contributed by atoms with Crippen molar-refractivity contribution in [3.8, 4) is 6.07 Å². The highest BCUT2D eigenvalue weighted by atomic mass is 32.1. The number of aryl methyl sites for hydroxylation is 1. The molecule has 0 fully saturated rings. The van der Waals surface area contributed by atoms with E-state index in [9.17, 15) is 4.79 Å². The van der Waals surface area contributed by atoms with E-state index in [-0.39, 0.29) is 12.2 Å². The van der Waals surface area contributed by atoms with Gasteiger partial charge in [-0.2, -0.15) is 5.26 Å². The van der Waals surface area contributed by atoms with Gasteiger partial charge in [0.1, 0.15) is 11.6 Å². The van der Waals surface area contributed by atoms with Crippen LogP contribution in [0.1, 0.15) is 16.7 Å². The van der Waals surface area contributed by atoms with Crippen LogP contribution in [0.3, 0.4) is 0 Å². The van der Waals surface area contributed by atoms with Crippen molar-refractivity contribution in [2.75, 3.05) is 6.61 Å². The number of hydrogen-bond acceptors (Lipinski definition) is 4. The number of rotatable bonds is 3. The van der Waals surface area contributed by atoms with Gasteiger partial charge in [0.25, 0.3) is 0 Å². The van der Waals surface area contributed by atoms with E-state index >= 15 is 0 Å². The van der Waals surface area contributed by atoms with Crippen LogP contribution < -0.4 is 0 Å². The number of nitrogens with zero attached hydrogens (tertiary/aromatic N) is 1. The van der Waals surface area contributed by atoms with Gasteiger partial charge in [0.2, 0.25) is 0 Å². The quantitative estimate of drug-likeness (QED) is 0.447. The minimum Gasteiger partial charge on any atom is -0.462 e. The summed E-state index contributed by atoms with van der Waals surface area (Å²) in [5, 5.41) is 8.78. The Labute approximate surface area is 92.6 Å². The molecule has 0 amide bonds. The molecule has 0 bridgehead atoms. The Balaban J connectivity index is 2.88. The van der Waals surface area contributed by atoms with Crippen LogP contribution >= 0.6 is 11.3 Å². The summed E-state index contributed by atoms with van der Waals surface area (Å²) in [6, 6.07) is 5.65. The summed E-state index contributed by atoms with van der Waals surface area (Å²) in [4.78, 5) is 13.3. The first kappa shape index (κ1) is 11.5. The van der Waals surface area contributed by atoms with Gasteiger partial charge in [-0.25, -0.2) is 4.79 Å². The Kier molecular flexibility index (Phi) is 4.07. The summed E-state index contributed by atoms with van der Waals surface area (Å²) in [7, 11) is 0. The van der Waals surface area contributed by atoms with E-state index in [0.29, 0.717) is 0 Å². The lowest BCUT2D eigenvalue weighted by molar-refractivity contribution is -0.137. The summed E-state index contributed by atoms with van der Waals surface area (Å²) < 4.78 is 4.75. The molecule has 1 aromatic rings. The van der Waals surface area contributed by atoms with Crippen LogP contribution in [0.5, 0.6) is 0 Å². The van der Waals surface area contributed by atoms with Crippen molar-refractivity contribution in [2.24, 2.45) is 0 Å². The van der Waals surface area contributed by atoms with Crippen LogP contribution in [0.25, 0.3) is 6.08 Å². The molecule has 0 atom stereocenters. The summed E-state index contributed by atoms with van der Waals surface area (Å²) in [6.07, 6.45) is 1.55. The highest BCUT2D eigenvalue weighted by Crippen LogP contribution is 2.18. The van der Waals surface area contributed by atoms with Crippen LogP contribution in [0, 0.1) is 18.3 Å². The fourth-order valence-electron chi connectivity index (χ4n) is 1.02. The zero-order valence-corrected chi connectivity index (χ0v) is 9.43. The maximum atomic E-state index is 11.3. The molecule has 0 aliphatic heterocycles. The third-order valence-electron chi connectivity index (χ3n) is 1.66. The molecule has 0 aliphatic rings. The first-order valence-corrected chi connectivity index (χ1v) is 5.34. The lowest BCUT2D eigenvalue weighted by Crippen LogP contribution is -2.05. The van der Waals surface area contributed by atoms with Crippen LogP contribution in [-0.2, 0) is 9.53 Å². The normalized spacial score (nSPS) is 10.9. The number of ether oxygens (including phenoxy) is 1. The molecule has 0 spiro atoms. The van der Waals surface area contributed by atoms with Gasteiger partial charge >= 0.3 is 5.97 Å². The largest absolute Gasteiger partial charge is 0.462 e. The van der Waals surface area contributed by atoms with Crippen molar-refractivity contribution in [1.29, 1.82) is 5.26 Å². The van der Waals surface area contributed by atoms with Gasteiger partial charge in [-0.05, 0) is 32.1 Å². The summed E-state index contributed by atoms with van der Waals surface area (Å²) >= 11 is 1.53. The second kappa shape index (κ2) is 5.32. The predicted octanol–water partition coefficient (Wildman–Crippen LogP) is 2.53. The maximum Gasteiger partial charge on any atom is 0.348 e. The van der Waals surface area contributed by atoms with Gasteiger partial charge in [-0.1, -0.05) is 0 Å². The number of esters is 1. The molecule has 1 heterocycles. The van der Waals surface area contributed by atoms with Gasteiger partial charge in [0, 0.05) is 9.75 Å². The highest BCUT2D eigenvalue weighted by Gasteiger charge is 2.09. The molecular formula is C11H11NO2S. The molecule has 0 aliphatic carbocycles. The standard InChI is InChI=1S/C11H11NO2S/c1-3-14-11(13)9(7-12)6-10-5-4-8(2)15-10/h4-6H,3H2,1-2H3/b9-6+. The van der Waals surface area contributed by atoms with E-state index in [1.165, 1.54) is 11.3 Å². The molecule has 0 unspecified atom stereocenters. The zero-order valence-electron chi connectivity index (χ0n) is 8.61. The first-order valence-electron chi connectivity index (χ1n) is 4.52. The number of hydrogen-bond donors (Lipinski definition) is 0. The molecule has 1 rings (SSSR count). The van der Waals surface area contributed by atoms with Crippen molar-refractivity contribution in [2.45, 2.75) is 13.8 Å². The lowest BCUT2D eigenvalue weighted by Gasteiger charge is -1.97. The number of carbonyl (C=O) groups is 1. The van der Waals surface area contributed by atoms with Crippen molar-refractivity contribution in [1.82, 2.24) is 0 Å².